The van der Waals surface area contributed by atoms with Gasteiger partial charge in [-0.05, 0) is 67.3 Å². The lowest BCUT2D eigenvalue weighted by Gasteiger charge is -2.35. The maximum Gasteiger partial charge on any atom is 0.262 e. The molecule has 0 bridgehead atoms. The van der Waals surface area contributed by atoms with Crippen molar-refractivity contribution in [2.24, 2.45) is 5.92 Å². The number of benzene rings is 1. The Morgan fingerprint density at radius 3 is 2.33 bits per heavy atom. The molecule has 3 amide bonds. The number of nitrogens with zero attached hydrogens (tertiary/aromatic N) is 1. The van der Waals surface area contributed by atoms with Crippen molar-refractivity contribution in [3.8, 4) is 0 Å². The van der Waals surface area contributed by atoms with Crippen molar-refractivity contribution in [1.82, 2.24) is 15.5 Å². The normalized spacial score (nSPS) is 18.0. The number of likely N-dealkylation sites (tertiary alicyclic amines) is 1. The highest BCUT2D eigenvalue weighted by Gasteiger charge is 2.36. The van der Waals surface area contributed by atoms with Gasteiger partial charge in [0, 0.05) is 24.7 Å². The Labute approximate surface area is 178 Å². The highest BCUT2D eigenvalue weighted by atomic mass is 32.1. The first kappa shape index (κ1) is 20.5. The Hall–Kier alpha value is -2.74. The predicted octanol–water partition coefficient (Wildman–Crippen LogP) is 2.82. The zero-order valence-corrected chi connectivity index (χ0v) is 17.3. The van der Waals surface area contributed by atoms with E-state index in [1.54, 1.807) is 17.0 Å². The third kappa shape index (κ3) is 4.87. The second-order valence-electron chi connectivity index (χ2n) is 7.85. The van der Waals surface area contributed by atoms with Crippen LogP contribution >= 0.6 is 11.3 Å². The molecule has 2 aromatic rings. The van der Waals surface area contributed by atoms with Crippen LogP contribution in [0, 0.1) is 11.7 Å². The predicted molar refractivity (Wildman–Crippen MR) is 112 cm³/mol. The fourth-order valence-corrected chi connectivity index (χ4v) is 4.37. The number of carbonyl (C=O) groups excluding carboxylic acids is 3. The summed E-state index contributed by atoms with van der Waals surface area (Å²) in [4.78, 5) is 40.4. The van der Waals surface area contributed by atoms with Crippen LogP contribution in [0.2, 0.25) is 0 Å². The number of hydrogen-bond acceptors (Lipinski definition) is 4. The van der Waals surface area contributed by atoms with E-state index in [0.29, 0.717) is 36.4 Å². The molecule has 0 unspecified atom stereocenters. The second-order valence-corrected chi connectivity index (χ2v) is 8.80. The number of amides is 3. The number of halogens is 1. The lowest BCUT2D eigenvalue weighted by molar-refractivity contribution is -0.124. The highest BCUT2D eigenvalue weighted by Crippen LogP contribution is 2.25. The molecule has 1 aromatic carbocycles. The first-order valence-corrected chi connectivity index (χ1v) is 11.1. The van der Waals surface area contributed by atoms with Gasteiger partial charge in [0.15, 0.2) is 0 Å². The zero-order valence-electron chi connectivity index (χ0n) is 16.5. The van der Waals surface area contributed by atoms with E-state index in [2.05, 4.69) is 10.6 Å². The van der Waals surface area contributed by atoms with E-state index in [4.69, 9.17) is 0 Å². The molecule has 2 N–H and O–H groups in total. The smallest absolute Gasteiger partial charge is 0.262 e. The van der Waals surface area contributed by atoms with Gasteiger partial charge in [-0.2, -0.15) is 0 Å². The van der Waals surface area contributed by atoms with Crippen LogP contribution in [-0.4, -0.2) is 47.8 Å². The van der Waals surface area contributed by atoms with Gasteiger partial charge in [0.25, 0.3) is 11.8 Å². The molecule has 1 atom stereocenters. The molecule has 1 saturated carbocycles. The summed E-state index contributed by atoms with van der Waals surface area (Å²) in [5, 5.41) is 7.75. The van der Waals surface area contributed by atoms with Gasteiger partial charge in [-0.25, -0.2) is 4.39 Å². The minimum Gasteiger partial charge on any atom is -0.352 e. The fourth-order valence-electron chi connectivity index (χ4n) is 3.75. The van der Waals surface area contributed by atoms with E-state index in [-0.39, 0.29) is 35.5 Å². The van der Waals surface area contributed by atoms with Gasteiger partial charge < -0.3 is 15.5 Å². The molecule has 4 rings (SSSR count). The Bertz CT molecular complexity index is 904. The zero-order chi connectivity index (χ0) is 21.1. The van der Waals surface area contributed by atoms with E-state index in [9.17, 15) is 18.8 Å². The van der Waals surface area contributed by atoms with Gasteiger partial charge in [-0.1, -0.05) is 6.07 Å². The van der Waals surface area contributed by atoms with E-state index >= 15 is 0 Å². The molecule has 1 aromatic heterocycles. The molecular formula is C22H24FN3O3S. The first-order valence-electron chi connectivity index (χ1n) is 10.2. The van der Waals surface area contributed by atoms with Crippen molar-refractivity contribution >= 4 is 29.1 Å². The summed E-state index contributed by atoms with van der Waals surface area (Å²) in [6.07, 6.45) is 3.17. The summed E-state index contributed by atoms with van der Waals surface area (Å²) in [5.41, 5.74) is 0.448. The minimum atomic E-state index is -0.622. The molecule has 158 valence electrons. The second kappa shape index (κ2) is 8.95. The van der Waals surface area contributed by atoms with Gasteiger partial charge in [-0.3, -0.25) is 14.4 Å². The molecule has 8 heteroatoms. The van der Waals surface area contributed by atoms with Crippen LogP contribution in [0.15, 0.2) is 41.8 Å². The van der Waals surface area contributed by atoms with Crippen LogP contribution in [0.25, 0.3) is 0 Å². The molecule has 1 saturated heterocycles. The van der Waals surface area contributed by atoms with Gasteiger partial charge in [0.2, 0.25) is 5.91 Å². The average Bonchev–Trinajstić information content (AvgIpc) is 3.39. The molecule has 0 radical (unpaired) electrons. The maximum atomic E-state index is 13.1. The quantitative estimate of drug-likeness (QED) is 0.741. The minimum absolute atomic E-state index is 0.0510. The standard InChI is InChI=1S/C22H24FN3O3S/c23-16-5-3-15(4-6-16)22(29)26-11-9-14(10-12-26)19(21(28)24-17-7-8-17)25-20(27)18-2-1-13-30-18/h1-6,13-14,17,19H,7-12H2,(H,24,28)(H,25,27)/t19-/m0/s1. The van der Waals surface area contributed by atoms with Crippen molar-refractivity contribution in [1.29, 1.82) is 0 Å². The van der Waals surface area contributed by atoms with E-state index in [1.807, 2.05) is 5.38 Å². The Morgan fingerprint density at radius 1 is 1.03 bits per heavy atom. The summed E-state index contributed by atoms with van der Waals surface area (Å²) in [5.74, 6) is -0.965. The molecule has 2 fully saturated rings. The summed E-state index contributed by atoms with van der Waals surface area (Å²) >= 11 is 1.34. The topological polar surface area (TPSA) is 78.5 Å². The number of thiophene rings is 1. The van der Waals surface area contributed by atoms with Crippen molar-refractivity contribution in [3.05, 3.63) is 58.0 Å². The Kier molecular flexibility index (Phi) is 6.13. The summed E-state index contributed by atoms with van der Waals surface area (Å²) in [7, 11) is 0. The summed E-state index contributed by atoms with van der Waals surface area (Å²) in [6.45, 7) is 0.978. The van der Waals surface area contributed by atoms with Crippen molar-refractivity contribution in [2.75, 3.05) is 13.1 Å². The molecular weight excluding hydrogens is 405 g/mol. The number of nitrogens with one attached hydrogen (secondary N) is 2. The van der Waals surface area contributed by atoms with E-state index < -0.39 is 6.04 Å². The van der Waals surface area contributed by atoms with Crippen LogP contribution in [0.5, 0.6) is 0 Å². The van der Waals surface area contributed by atoms with Crippen LogP contribution in [-0.2, 0) is 4.79 Å². The van der Waals surface area contributed by atoms with Crippen molar-refractivity contribution < 1.29 is 18.8 Å². The summed E-state index contributed by atoms with van der Waals surface area (Å²) < 4.78 is 13.1. The number of piperidine rings is 1. The van der Waals surface area contributed by atoms with Crippen LogP contribution in [0.4, 0.5) is 4.39 Å². The molecule has 1 aliphatic heterocycles. The molecule has 2 aliphatic rings. The first-order chi connectivity index (χ1) is 14.5. The van der Waals surface area contributed by atoms with Crippen LogP contribution in [0.1, 0.15) is 45.7 Å². The van der Waals surface area contributed by atoms with Gasteiger partial charge in [0.05, 0.1) is 4.88 Å². The van der Waals surface area contributed by atoms with Crippen LogP contribution in [0.3, 0.4) is 0 Å². The summed E-state index contributed by atoms with van der Waals surface area (Å²) in [6, 6.07) is 8.64. The number of rotatable bonds is 6. The third-order valence-corrected chi connectivity index (χ3v) is 6.50. The lowest BCUT2D eigenvalue weighted by Crippen LogP contribution is -2.54. The maximum absolute atomic E-state index is 13.1. The third-order valence-electron chi connectivity index (χ3n) is 5.63. The Balaban J connectivity index is 1.40. The SMILES string of the molecule is O=C(N[C@H](C(=O)NC1CC1)C1CCN(C(=O)c2ccc(F)cc2)CC1)c1cccs1. The molecule has 6 nitrogen and oxygen atoms in total. The molecule has 1 aliphatic carbocycles. The number of carbonyl (C=O) groups is 3. The van der Waals surface area contributed by atoms with E-state index in [0.717, 1.165) is 12.8 Å². The van der Waals surface area contributed by atoms with E-state index in [1.165, 1.54) is 35.6 Å². The molecule has 2 heterocycles. The largest absolute Gasteiger partial charge is 0.352 e. The Morgan fingerprint density at radius 2 is 1.73 bits per heavy atom. The monoisotopic (exact) mass is 429 g/mol. The van der Waals surface area contributed by atoms with Gasteiger partial charge in [-0.15, -0.1) is 11.3 Å². The number of hydrogen-bond donors (Lipinski definition) is 2. The fraction of sp³-hybridized carbons (Fsp3) is 0.409. The van der Waals surface area contributed by atoms with Crippen LogP contribution < -0.4 is 10.6 Å². The van der Waals surface area contributed by atoms with Crippen molar-refractivity contribution in [2.45, 2.75) is 37.8 Å². The highest BCUT2D eigenvalue weighted by molar-refractivity contribution is 7.12. The molecule has 30 heavy (non-hydrogen) atoms. The molecule has 0 spiro atoms. The lowest BCUT2D eigenvalue weighted by atomic mass is 9.88. The van der Waals surface area contributed by atoms with Gasteiger partial charge >= 0.3 is 0 Å². The average molecular weight is 430 g/mol. The van der Waals surface area contributed by atoms with Crippen molar-refractivity contribution in [3.63, 3.8) is 0 Å². The van der Waals surface area contributed by atoms with Gasteiger partial charge in [0.1, 0.15) is 11.9 Å².